The van der Waals surface area contributed by atoms with Crippen LogP contribution in [0.4, 0.5) is 0 Å². The van der Waals surface area contributed by atoms with Crippen LogP contribution in [0.3, 0.4) is 0 Å². The molecule has 1 saturated carbocycles. The lowest BCUT2D eigenvalue weighted by Gasteiger charge is -2.31. The van der Waals surface area contributed by atoms with E-state index < -0.39 is 5.97 Å². The van der Waals surface area contributed by atoms with E-state index in [0.29, 0.717) is 11.8 Å². The fourth-order valence-electron chi connectivity index (χ4n) is 2.92. The highest BCUT2D eigenvalue weighted by molar-refractivity contribution is 6.38. The molecule has 4 nitrogen and oxygen atoms in total. The van der Waals surface area contributed by atoms with Crippen molar-refractivity contribution >= 4 is 11.7 Å². The highest BCUT2D eigenvalue weighted by atomic mass is 16.5. The summed E-state index contributed by atoms with van der Waals surface area (Å²) in [6, 6.07) is 7.56. The second-order valence-corrected chi connectivity index (χ2v) is 5.28. The van der Waals surface area contributed by atoms with Crippen molar-refractivity contribution in [2.24, 2.45) is 0 Å². The van der Waals surface area contributed by atoms with Crippen molar-refractivity contribution in [2.75, 3.05) is 0 Å². The van der Waals surface area contributed by atoms with Crippen LogP contribution in [0.5, 0.6) is 5.75 Å². The molecule has 1 aromatic rings. The van der Waals surface area contributed by atoms with Crippen molar-refractivity contribution in [1.82, 2.24) is 5.32 Å². The number of para-hydroxylation sites is 1. The van der Waals surface area contributed by atoms with Crippen LogP contribution in [0.15, 0.2) is 24.3 Å². The Morgan fingerprint density at radius 2 is 1.89 bits per heavy atom. The third-order valence-electron chi connectivity index (χ3n) is 3.95. The Kier molecular flexibility index (Phi) is 3.34. The first kappa shape index (κ1) is 12.4. The molecule has 4 heteroatoms. The fraction of sp³-hybridized carbons (Fsp3) is 0.467. The van der Waals surface area contributed by atoms with Gasteiger partial charge in [0.15, 0.2) is 0 Å². The van der Waals surface area contributed by atoms with Gasteiger partial charge in [0.2, 0.25) is 0 Å². The number of hydrogen-bond donors (Lipinski definition) is 2. The van der Waals surface area contributed by atoms with Crippen molar-refractivity contribution in [3.8, 4) is 5.75 Å². The molecule has 2 aliphatic rings. The third-order valence-corrected chi connectivity index (χ3v) is 3.95. The minimum Gasteiger partial charge on any atom is -0.422 e. The summed E-state index contributed by atoms with van der Waals surface area (Å²) in [7, 11) is 0. The number of hydrogen-bond acceptors (Lipinski definition) is 4. The number of esters is 1. The number of rotatable bonds is 2. The first-order valence-corrected chi connectivity index (χ1v) is 6.91. The topological polar surface area (TPSA) is 62.2 Å². The molecule has 1 aromatic carbocycles. The normalized spacial score (nSPS) is 23.9. The summed E-state index contributed by atoms with van der Waals surface area (Å²) in [5.74, 6) is 0.0452. The Morgan fingerprint density at radius 3 is 2.68 bits per heavy atom. The predicted molar refractivity (Wildman–Crippen MR) is 72.6 cm³/mol. The van der Waals surface area contributed by atoms with Crippen LogP contribution in [0.2, 0.25) is 0 Å². The van der Waals surface area contributed by atoms with E-state index in [1.807, 2.05) is 18.2 Å². The standard InChI is InChI=1S/C15H18N2O2/c16-13-14(17-10-6-2-1-3-7-10)11-8-4-5-9-12(11)19-15(13)18/h4-5,8-10,14,16-17H,1-3,6-7H2. The minimum absolute atomic E-state index is 0.0178. The molecule has 1 atom stereocenters. The van der Waals surface area contributed by atoms with Crippen molar-refractivity contribution in [1.29, 1.82) is 5.41 Å². The van der Waals surface area contributed by atoms with E-state index in [1.165, 1.54) is 19.3 Å². The first-order valence-electron chi connectivity index (χ1n) is 6.91. The van der Waals surface area contributed by atoms with E-state index in [9.17, 15) is 4.79 Å². The highest BCUT2D eigenvalue weighted by Gasteiger charge is 2.34. The lowest BCUT2D eigenvalue weighted by molar-refractivity contribution is -0.127. The summed E-state index contributed by atoms with van der Waals surface area (Å²) in [5, 5.41) is 11.4. The zero-order valence-electron chi connectivity index (χ0n) is 10.8. The van der Waals surface area contributed by atoms with Gasteiger partial charge in [0.25, 0.3) is 0 Å². The van der Waals surface area contributed by atoms with E-state index in [4.69, 9.17) is 10.1 Å². The number of carbonyl (C=O) groups excluding carboxylic acids is 1. The Hall–Kier alpha value is -1.68. The van der Waals surface area contributed by atoms with Gasteiger partial charge in [0.05, 0.1) is 6.04 Å². The summed E-state index contributed by atoms with van der Waals surface area (Å²) in [6.07, 6.45) is 5.99. The molecule has 0 bridgehead atoms. The summed E-state index contributed by atoms with van der Waals surface area (Å²) < 4.78 is 5.16. The number of carbonyl (C=O) groups is 1. The quantitative estimate of drug-likeness (QED) is 0.633. The zero-order chi connectivity index (χ0) is 13.2. The first-order chi connectivity index (χ1) is 9.25. The fourth-order valence-corrected chi connectivity index (χ4v) is 2.92. The maximum absolute atomic E-state index is 11.7. The average molecular weight is 258 g/mol. The Labute approximate surface area is 112 Å². The number of nitrogens with one attached hydrogen (secondary N) is 2. The molecule has 1 unspecified atom stereocenters. The Balaban J connectivity index is 1.85. The summed E-state index contributed by atoms with van der Waals surface area (Å²) in [4.78, 5) is 11.7. The molecule has 0 spiro atoms. The van der Waals surface area contributed by atoms with Crippen molar-refractivity contribution < 1.29 is 9.53 Å². The van der Waals surface area contributed by atoms with Crippen LogP contribution in [0.1, 0.15) is 43.7 Å². The van der Waals surface area contributed by atoms with Gasteiger partial charge in [-0.25, -0.2) is 4.79 Å². The van der Waals surface area contributed by atoms with Gasteiger partial charge in [0.1, 0.15) is 11.5 Å². The number of fused-ring (bicyclic) bond motifs is 1. The van der Waals surface area contributed by atoms with Crippen LogP contribution in [-0.4, -0.2) is 17.7 Å². The van der Waals surface area contributed by atoms with Crippen LogP contribution < -0.4 is 10.1 Å². The molecule has 3 rings (SSSR count). The van der Waals surface area contributed by atoms with Crippen molar-refractivity contribution in [3.05, 3.63) is 29.8 Å². The molecule has 1 heterocycles. The van der Waals surface area contributed by atoms with Gasteiger partial charge < -0.3 is 10.1 Å². The molecule has 0 amide bonds. The highest BCUT2D eigenvalue weighted by Crippen LogP contribution is 2.32. The summed E-state index contributed by atoms with van der Waals surface area (Å²) in [6.45, 7) is 0. The van der Waals surface area contributed by atoms with Gasteiger partial charge >= 0.3 is 5.97 Å². The van der Waals surface area contributed by atoms with Gasteiger partial charge in [-0.3, -0.25) is 5.41 Å². The predicted octanol–water partition coefficient (Wildman–Crippen LogP) is 2.59. The van der Waals surface area contributed by atoms with E-state index in [-0.39, 0.29) is 11.8 Å². The van der Waals surface area contributed by atoms with Crippen molar-refractivity contribution in [3.63, 3.8) is 0 Å². The van der Waals surface area contributed by atoms with Crippen LogP contribution >= 0.6 is 0 Å². The molecular formula is C15H18N2O2. The summed E-state index contributed by atoms with van der Waals surface area (Å²) in [5.41, 5.74) is 0.918. The van der Waals surface area contributed by atoms with E-state index in [2.05, 4.69) is 5.32 Å². The van der Waals surface area contributed by atoms with Gasteiger partial charge in [0, 0.05) is 11.6 Å². The molecule has 1 aliphatic carbocycles. The zero-order valence-corrected chi connectivity index (χ0v) is 10.8. The second-order valence-electron chi connectivity index (χ2n) is 5.28. The van der Waals surface area contributed by atoms with Gasteiger partial charge in [-0.15, -0.1) is 0 Å². The monoisotopic (exact) mass is 258 g/mol. The molecule has 0 aromatic heterocycles. The molecule has 1 fully saturated rings. The third kappa shape index (κ3) is 2.40. The number of benzene rings is 1. The van der Waals surface area contributed by atoms with E-state index >= 15 is 0 Å². The van der Waals surface area contributed by atoms with Gasteiger partial charge in [-0.1, -0.05) is 37.5 Å². The average Bonchev–Trinajstić information content (AvgIpc) is 2.45. The molecule has 19 heavy (non-hydrogen) atoms. The van der Waals surface area contributed by atoms with E-state index in [0.717, 1.165) is 18.4 Å². The maximum Gasteiger partial charge on any atom is 0.359 e. The SMILES string of the molecule is N=C1C(=O)Oc2ccccc2C1NC1CCCCC1. The van der Waals surface area contributed by atoms with E-state index in [1.54, 1.807) is 6.07 Å². The van der Waals surface area contributed by atoms with Crippen molar-refractivity contribution in [2.45, 2.75) is 44.2 Å². The molecule has 0 radical (unpaired) electrons. The molecular weight excluding hydrogens is 240 g/mol. The van der Waals surface area contributed by atoms with Gasteiger partial charge in [-0.2, -0.15) is 0 Å². The lowest BCUT2D eigenvalue weighted by atomic mass is 9.92. The summed E-state index contributed by atoms with van der Waals surface area (Å²) >= 11 is 0. The Morgan fingerprint density at radius 1 is 1.16 bits per heavy atom. The minimum atomic E-state index is -0.535. The number of ether oxygens (including phenoxy) is 1. The maximum atomic E-state index is 11.7. The Bertz CT molecular complexity index is 507. The molecule has 2 N–H and O–H groups in total. The second kappa shape index (κ2) is 5.13. The van der Waals surface area contributed by atoms with Crippen LogP contribution in [-0.2, 0) is 4.79 Å². The van der Waals surface area contributed by atoms with Gasteiger partial charge in [-0.05, 0) is 18.9 Å². The smallest absolute Gasteiger partial charge is 0.359 e. The molecule has 1 aliphatic heterocycles. The largest absolute Gasteiger partial charge is 0.422 e. The molecule has 100 valence electrons. The van der Waals surface area contributed by atoms with Crippen LogP contribution in [0.25, 0.3) is 0 Å². The molecule has 0 saturated heterocycles. The lowest BCUT2D eigenvalue weighted by Crippen LogP contribution is -2.44. The van der Waals surface area contributed by atoms with Crippen LogP contribution in [0, 0.1) is 5.41 Å².